The Morgan fingerprint density at radius 3 is 2.67 bits per heavy atom. The van der Waals surface area contributed by atoms with Crippen LogP contribution in [0.15, 0.2) is 6.07 Å². The Balaban J connectivity index is 2.57. The van der Waals surface area contributed by atoms with E-state index >= 15 is 0 Å². The van der Waals surface area contributed by atoms with Gasteiger partial charge in [-0.25, -0.2) is 9.18 Å². The number of carbonyl (C=O) groups excluding carboxylic acids is 1. The summed E-state index contributed by atoms with van der Waals surface area (Å²) < 4.78 is 24.2. The van der Waals surface area contributed by atoms with Crippen molar-refractivity contribution < 1.29 is 28.6 Å². The molecule has 1 aliphatic heterocycles. The van der Waals surface area contributed by atoms with Crippen molar-refractivity contribution in [3.63, 3.8) is 0 Å². The standard InChI is InChI=1S/C11H8ClFO5/c12-7-8(13)5(9(14)11(15)16)4-6-10(7)18-3-1-2-17-6/h4H,1-3H2,(H,15,16). The molecule has 1 aliphatic rings. The summed E-state index contributed by atoms with van der Waals surface area (Å²) in [4.78, 5) is 21.9. The SMILES string of the molecule is O=C(O)C(=O)c1cc2c(c(Cl)c1F)OCCCO2. The number of benzene rings is 1. The minimum atomic E-state index is -1.76. The van der Waals surface area contributed by atoms with Gasteiger partial charge in [0.1, 0.15) is 5.02 Å². The first-order valence-corrected chi connectivity index (χ1v) is 5.45. The third-order valence-electron chi connectivity index (χ3n) is 2.36. The fraction of sp³-hybridized carbons (Fsp3) is 0.273. The molecule has 0 saturated carbocycles. The van der Waals surface area contributed by atoms with Crippen molar-refractivity contribution in [2.45, 2.75) is 6.42 Å². The highest BCUT2D eigenvalue weighted by atomic mass is 35.5. The summed E-state index contributed by atoms with van der Waals surface area (Å²) in [5, 5.41) is 8.13. The summed E-state index contributed by atoms with van der Waals surface area (Å²) >= 11 is 5.71. The minimum absolute atomic E-state index is 0.00592. The zero-order chi connectivity index (χ0) is 13.3. The third kappa shape index (κ3) is 2.11. The zero-order valence-corrected chi connectivity index (χ0v) is 9.79. The molecule has 0 radical (unpaired) electrons. The van der Waals surface area contributed by atoms with Gasteiger partial charge in [0.15, 0.2) is 17.3 Å². The largest absolute Gasteiger partial charge is 0.489 e. The van der Waals surface area contributed by atoms with Crippen LogP contribution in [0.25, 0.3) is 0 Å². The summed E-state index contributed by atoms with van der Waals surface area (Å²) in [5.41, 5.74) is -0.642. The lowest BCUT2D eigenvalue weighted by molar-refractivity contribution is -0.131. The van der Waals surface area contributed by atoms with Crippen molar-refractivity contribution in [3.05, 3.63) is 22.5 Å². The Labute approximate surface area is 106 Å². The van der Waals surface area contributed by atoms with Crippen molar-refractivity contribution in [1.29, 1.82) is 0 Å². The van der Waals surface area contributed by atoms with Gasteiger partial charge >= 0.3 is 5.97 Å². The quantitative estimate of drug-likeness (QED) is 0.659. The van der Waals surface area contributed by atoms with E-state index in [1.54, 1.807) is 0 Å². The van der Waals surface area contributed by atoms with Gasteiger partial charge in [-0.1, -0.05) is 11.6 Å². The number of carboxylic acids is 1. The molecule has 0 aliphatic carbocycles. The van der Waals surface area contributed by atoms with Crippen LogP contribution in [0.5, 0.6) is 11.5 Å². The number of carbonyl (C=O) groups is 2. The van der Waals surface area contributed by atoms with Gasteiger partial charge in [-0.15, -0.1) is 0 Å². The van der Waals surface area contributed by atoms with E-state index in [-0.39, 0.29) is 11.5 Å². The molecule has 7 heteroatoms. The fourth-order valence-electron chi connectivity index (χ4n) is 1.52. The van der Waals surface area contributed by atoms with Crippen LogP contribution in [0.3, 0.4) is 0 Å². The second-order valence-electron chi connectivity index (χ2n) is 3.56. The summed E-state index contributed by atoms with van der Waals surface area (Å²) in [6.45, 7) is 0.619. The van der Waals surface area contributed by atoms with Crippen LogP contribution in [0.4, 0.5) is 4.39 Å². The lowest BCUT2D eigenvalue weighted by Gasteiger charge is -2.11. The van der Waals surface area contributed by atoms with Crippen molar-refractivity contribution in [1.82, 2.24) is 0 Å². The number of hydrogen-bond acceptors (Lipinski definition) is 4. The molecule has 0 fully saturated rings. The number of ether oxygens (including phenoxy) is 2. The van der Waals surface area contributed by atoms with E-state index in [9.17, 15) is 14.0 Å². The first kappa shape index (κ1) is 12.6. The van der Waals surface area contributed by atoms with Gasteiger partial charge in [0, 0.05) is 6.42 Å². The Morgan fingerprint density at radius 1 is 1.33 bits per heavy atom. The van der Waals surface area contributed by atoms with Crippen molar-refractivity contribution in [2.24, 2.45) is 0 Å². The molecule has 2 rings (SSSR count). The van der Waals surface area contributed by atoms with Crippen LogP contribution < -0.4 is 9.47 Å². The molecular formula is C11H8ClFO5. The van der Waals surface area contributed by atoms with E-state index in [1.165, 1.54) is 0 Å². The molecule has 0 spiro atoms. The number of halogens is 2. The van der Waals surface area contributed by atoms with Gasteiger partial charge in [0.2, 0.25) is 0 Å². The Kier molecular flexibility index (Phi) is 3.38. The lowest BCUT2D eigenvalue weighted by atomic mass is 10.1. The average Bonchev–Trinajstić information content (AvgIpc) is 2.58. The van der Waals surface area contributed by atoms with Crippen LogP contribution in [-0.2, 0) is 4.79 Å². The van der Waals surface area contributed by atoms with E-state index in [0.29, 0.717) is 19.6 Å². The highest BCUT2D eigenvalue weighted by Crippen LogP contribution is 2.40. The minimum Gasteiger partial charge on any atom is -0.489 e. The van der Waals surface area contributed by atoms with E-state index in [0.717, 1.165) is 6.07 Å². The van der Waals surface area contributed by atoms with Crippen LogP contribution in [0.2, 0.25) is 5.02 Å². The topological polar surface area (TPSA) is 72.8 Å². The molecule has 1 aromatic carbocycles. The van der Waals surface area contributed by atoms with Crippen LogP contribution in [0, 0.1) is 5.82 Å². The molecule has 0 amide bonds. The lowest BCUT2D eigenvalue weighted by Crippen LogP contribution is -2.15. The Bertz CT molecular complexity index is 529. The highest BCUT2D eigenvalue weighted by Gasteiger charge is 2.27. The fourth-order valence-corrected chi connectivity index (χ4v) is 1.77. The maximum Gasteiger partial charge on any atom is 0.377 e. The predicted octanol–water partition coefficient (Wildman–Crippen LogP) is 1.91. The maximum absolute atomic E-state index is 13.8. The summed E-state index contributed by atoms with van der Waals surface area (Å²) in [6, 6.07) is 0.998. The van der Waals surface area contributed by atoms with Crippen molar-refractivity contribution in [2.75, 3.05) is 13.2 Å². The van der Waals surface area contributed by atoms with E-state index in [1.807, 2.05) is 0 Å². The molecule has 5 nitrogen and oxygen atoms in total. The average molecular weight is 275 g/mol. The van der Waals surface area contributed by atoms with Gasteiger partial charge in [-0.2, -0.15) is 0 Å². The summed E-state index contributed by atoms with van der Waals surface area (Å²) in [5.74, 6) is -4.20. The molecule has 0 atom stereocenters. The summed E-state index contributed by atoms with van der Waals surface area (Å²) in [6.07, 6.45) is 0.578. The first-order valence-electron chi connectivity index (χ1n) is 5.07. The number of ketones is 1. The molecule has 0 bridgehead atoms. The molecule has 96 valence electrons. The Morgan fingerprint density at radius 2 is 2.00 bits per heavy atom. The van der Waals surface area contributed by atoms with Gasteiger partial charge in [-0.3, -0.25) is 4.79 Å². The number of fused-ring (bicyclic) bond motifs is 1. The molecule has 18 heavy (non-hydrogen) atoms. The maximum atomic E-state index is 13.8. The highest BCUT2D eigenvalue weighted by molar-refractivity contribution is 6.41. The number of rotatable bonds is 2. The number of hydrogen-bond donors (Lipinski definition) is 1. The third-order valence-corrected chi connectivity index (χ3v) is 2.70. The molecular weight excluding hydrogens is 267 g/mol. The zero-order valence-electron chi connectivity index (χ0n) is 9.03. The van der Waals surface area contributed by atoms with E-state index in [2.05, 4.69) is 0 Å². The van der Waals surface area contributed by atoms with E-state index < -0.39 is 28.2 Å². The molecule has 0 saturated heterocycles. The normalized spacial score (nSPS) is 13.9. The Hall–Kier alpha value is -1.82. The smallest absolute Gasteiger partial charge is 0.377 e. The van der Waals surface area contributed by atoms with Crippen LogP contribution in [-0.4, -0.2) is 30.1 Å². The first-order chi connectivity index (χ1) is 8.52. The second-order valence-corrected chi connectivity index (χ2v) is 3.94. The van der Waals surface area contributed by atoms with Crippen LogP contribution in [0.1, 0.15) is 16.8 Å². The van der Waals surface area contributed by atoms with Gasteiger partial charge < -0.3 is 14.6 Å². The monoisotopic (exact) mass is 274 g/mol. The molecule has 1 aromatic rings. The summed E-state index contributed by atoms with van der Waals surface area (Å²) in [7, 11) is 0. The van der Waals surface area contributed by atoms with Gasteiger partial charge in [0.25, 0.3) is 5.78 Å². The second kappa shape index (κ2) is 4.81. The van der Waals surface area contributed by atoms with Gasteiger partial charge in [0.05, 0.1) is 18.8 Å². The van der Waals surface area contributed by atoms with Crippen LogP contribution >= 0.6 is 11.6 Å². The number of carboxylic acid groups (broad SMARTS) is 1. The number of aliphatic carboxylic acids is 1. The van der Waals surface area contributed by atoms with E-state index in [4.69, 9.17) is 26.2 Å². The predicted molar refractivity (Wildman–Crippen MR) is 59.0 cm³/mol. The van der Waals surface area contributed by atoms with Crippen molar-refractivity contribution >= 4 is 23.4 Å². The number of Topliss-reactive ketones (excluding diaryl/α,β-unsaturated/α-hetero) is 1. The molecule has 1 heterocycles. The molecule has 0 unspecified atom stereocenters. The van der Waals surface area contributed by atoms with Crippen molar-refractivity contribution in [3.8, 4) is 11.5 Å². The van der Waals surface area contributed by atoms with Gasteiger partial charge in [-0.05, 0) is 6.07 Å². The molecule has 1 N–H and O–H groups in total. The molecule has 0 aromatic heterocycles.